The lowest BCUT2D eigenvalue weighted by Gasteiger charge is -2.23. The van der Waals surface area contributed by atoms with E-state index < -0.39 is 0 Å². The minimum Gasteiger partial charge on any atom is -0.299 e. The third-order valence-electron chi connectivity index (χ3n) is 2.85. The van der Waals surface area contributed by atoms with Crippen LogP contribution in [0.4, 0.5) is 0 Å². The Balaban J connectivity index is 1.85. The van der Waals surface area contributed by atoms with Crippen LogP contribution in [0.2, 0.25) is 0 Å². The Hall–Kier alpha value is -0.330. The van der Waals surface area contributed by atoms with Crippen LogP contribution in [0.3, 0.4) is 0 Å². The van der Waals surface area contributed by atoms with Gasteiger partial charge in [-0.3, -0.25) is 4.79 Å². The highest BCUT2D eigenvalue weighted by atomic mass is 16.1. The van der Waals surface area contributed by atoms with Gasteiger partial charge in [0.05, 0.1) is 0 Å². The number of hydrogen-bond donors (Lipinski definition) is 0. The van der Waals surface area contributed by atoms with Gasteiger partial charge in [0.25, 0.3) is 0 Å². The quantitative estimate of drug-likeness (QED) is 0.556. The molecule has 1 aliphatic carbocycles. The maximum absolute atomic E-state index is 11.0. The molecule has 1 nitrogen and oxygen atoms in total. The fourth-order valence-electron chi connectivity index (χ4n) is 1.77. The van der Waals surface area contributed by atoms with Gasteiger partial charge in [-0.1, -0.05) is 39.0 Å². The number of rotatable bonds is 6. The van der Waals surface area contributed by atoms with Gasteiger partial charge in [-0.25, -0.2) is 0 Å². The molecule has 70 valence electrons. The first-order valence-corrected chi connectivity index (χ1v) is 5.37. The second-order valence-corrected chi connectivity index (χ2v) is 3.90. The Bertz CT molecular complexity index is 140. The Morgan fingerprint density at radius 1 is 1.25 bits per heavy atom. The normalized spacial score (nSPS) is 22.4. The molecular formula is C11H20O. The summed E-state index contributed by atoms with van der Waals surface area (Å²) in [5, 5.41) is 0. The predicted octanol–water partition coefficient (Wildman–Crippen LogP) is 3.33. The SMILES string of the molecule is CCCCCCCC1CCC1=O. The summed E-state index contributed by atoms with van der Waals surface area (Å²) in [6, 6.07) is 0. The summed E-state index contributed by atoms with van der Waals surface area (Å²) in [5.74, 6) is 0.983. The number of ketones is 1. The molecule has 1 heteroatoms. The highest BCUT2D eigenvalue weighted by Crippen LogP contribution is 2.27. The van der Waals surface area contributed by atoms with Crippen molar-refractivity contribution in [3.05, 3.63) is 0 Å². The number of unbranched alkanes of at least 4 members (excludes halogenated alkanes) is 4. The maximum atomic E-state index is 11.0. The van der Waals surface area contributed by atoms with Crippen LogP contribution in [-0.4, -0.2) is 5.78 Å². The lowest BCUT2D eigenvalue weighted by atomic mass is 9.80. The largest absolute Gasteiger partial charge is 0.299 e. The molecule has 0 aromatic heterocycles. The first kappa shape index (κ1) is 9.76. The average molecular weight is 168 g/mol. The van der Waals surface area contributed by atoms with Crippen LogP contribution in [0.25, 0.3) is 0 Å². The Kier molecular flexibility index (Phi) is 4.34. The molecule has 0 amide bonds. The highest BCUT2D eigenvalue weighted by Gasteiger charge is 2.26. The second-order valence-electron chi connectivity index (χ2n) is 3.90. The van der Waals surface area contributed by atoms with Crippen molar-refractivity contribution in [3.8, 4) is 0 Å². The monoisotopic (exact) mass is 168 g/mol. The van der Waals surface area contributed by atoms with Gasteiger partial charge in [0.1, 0.15) is 5.78 Å². The molecule has 1 aliphatic rings. The summed E-state index contributed by atoms with van der Waals surface area (Å²) in [6.45, 7) is 2.23. The Morgan fingerprint density at radius 3 is 2.50 bits per heavy atom. The van der Waals surface area contributed by atoms with E-state index in [2.05, 4.69) is 6.92 Å². The first-order valence-electron chi connectivity index (χ1n) is 5.37. The van der Waals surface area contributed by atoms with Crippen LogP contribution in [0.1, 0.15) is 58.3 Å². The topological polar surface area (TPSA) is 17.1 Å². The van der Waals surface area contributed by atoms with Crippen LogP contribution in [0.5, 0.6) is 0 Å². The predicted molar refractivity (Wildman–Crippen MR) is 51.1 cm³/mol. The summed E-state index contributed by atoms with van der Waals surface area (Å²) in [6.07, 6.45) is 9.83. The molecule has 0 saturated heterocycles. The molecule has 0 radical (unpaired) electrons. The summed E-state index contributed by atoms with van der Waals surface area (Å²) < 4.78 is 0. The van der Waals surface area contributed by atoms with Gasteiger partial charge in [0, 0.05) is 12.3 Å². The smallest absolute Gasteiger partial charge is 0.136 e. The van der Waals surface area contributed by atoms with Crippen molar-refractivity contribution in [2.45, 2.75) is 58.3 Å². The van der Waals surface area contributed by atoms with Gasteiger partial charge in [-0.2, -0.15) is 0 Å². The maximum Gasteiger partial charge on any atom is 0.136 e. The molecule has 0 aromatic carbocycles. The van der Waals surface area contributed by atoms with Crippen LogP contribution < -0.4 is 0 Å². The van der Waals surface area contributed by atoms with E-state index in [1.807, 2.05) is 0 Å². The van der Waals surface area contributed by atoms with E-state index in [0.29, 0.717) is 11.7 Å². The Morgan fingerprint density at radius 2 is 2.00 bits per heavy atom. The van der Waals surface area contributed by atoms with Crippen molar-refractivity contribution < 1.29 is 4.79 Å². The number of hydrogen-bond acceptors (Lipinski definition) is 1. The first-order chi connectivity index (χ1) is 5.84. The summed E-state index contributed by atoms with van der Waals surface area (Å²) in [7, 11) is 0. The van der Waals surface area contributed by atoms with E-state index >= 15 is 0 Å². The molecule has 0 heterocycles. The molecule has 0 aliphatic heterocycles. The third kappa shape index (κ3) is 2.96. The van der Waals surface area contributed by atoms with Gasteiger partial charge < -0.3 is 0 Å². The van der Waals surface area contributed by atoms with E-state index in [1.54, 1.807) is 0 Å². The van der Waals surface area contributed by atoms with E-state index in [1.165, 1.54) is 44.9 Å². The fraction of sp³-hybridized carbons (Fsp3) is 0.909. The van der Waals surface area contributed by atoms with Gasteiger partial charge in [-0.05, 0) is 12.8 Å². The molecule has 0 N–H and O–H groups in total. The van der Waals surface area contributed by atoms with E-state index in [-0.39, 0.29) is 0 Å². The van der Waals surface area contributed by atoms with Crippen molar-refractivity contribution in [1.82, 2.24) is 0 Å². The van der Waals surface area contributed by atoms with E-state index in [0.717, 1.165) is 6.42 Å². The zero-order valence-electron chi connectivity index (χ0n) is 8.14. The molecule has 0 spiro atoms. The summed E-state index contributed by atoms with van der Waals surface area (Å²) in [4.78, 5) is 11.0. The van der Waals surface area contributed by atoms with E-state index in [9.17, 15) is 4.79 Å². The van der Waals surface area contributed by atoms with Crippen LogP contribution >= 0.6 is 0 Å². The molecule has 1 unspecified atom stereocenters. The molecule has 12 heavy (non-hydrogen) atoms. The van der Waals surface area contributed by atoms with Crippen LogP contribution in [-0.2, 0) is 4.79 Å². The number of carbonyl (C=O) groups is 1. The van der Waals surface area contributed by atoms with Crippen molar-refractivity contribution in [2.75, 3.05) is 0 Å². The van der Waals surface area contributed by atoms with Crippen LogP contribution in [0, 0.1) is 5.92 Å². The zero-order chi connectivity index (χ0) is 8.81. The molecule has 0 bridgehead atoms. The van der Waals surface area contributed by atoms with Gasteiger partial charge >= 0.3 is 0 Å². The van der Waals surface area contributed by atoms with Gasteiger partial charge in [-0.15, -0.1) is 0 Å². The molecule has 0 aromatic rings. The summed E-state index contributed by atoms with van der Waals surface area (Å²) in [5.41, 5.74) is 0. The van der Waals surface area contributed by atoms with Gasteiger partial charge in [0.15, 0.2) is 0 Å². The fourth-order valence-corrected chi connectivity index (χ4v) is 1.77. The highest BCUT2D eigenvalue weighted by molar-refractivity contribution is 5.86. The standard InChI is InChI=1S/C11H20O/c1-2-3-4-5-6-7-10-8-9-11(10)12/h10H,2-9H2,1H3. The third-order valence-corrected chi connectivity index (χ3v) is 2.85. The number of Topliss-reactive ketones (excluding diaryl/α,β-unsaturated/α-hetero) is 1. The second kappa shape index (κ2) is 5.34. The molecular weight excluding hydrogens is 148 g/mol. The average Bonchev–Trinajstić information content (AvgIpc) is 2.08. The van der Waals surface area contributed by atoms with Gasteiger partial charge in [0.2, 0.25) is 0 Å². The molecule has 1 rings (SSSR count). The van der Waals surface area contributed by atoms with Crippen molar-refractivity contribution in [1.29, 1.82) is 0 Å². The van der Waals surface area contributed by atoms with Crippen LogP contribution in [0.15, 0.2) is 0 Å². The van der Waals surface area contributed by atoms with Crippen molar-refractivity contribution >= 4 is 5.78 Å². The zero-order valence-corrected chi connectivity index (χ0v) is 8.14. The molecule has 1 fully saturated rings. The molecule has 1 saturated carbocycles. The minimum absolute atomic E-state index is 0.464. The lowest BCUT2D eigenvalue weighted by molar-refractivity contribution is -0.129. The lowest BCUT2D eigenvalue weighted by Crippen LogP contribution is -2.25. The Labute approximate surface area is 75.5 Å². The minimum atomic E-state index is 0.464. The van der Waals surface area contributed by atoms with Crippen molar-refractivity contribution in [3.63, 3.8) is 0 Å². The molecule has 1 atom stereocenters. The van der Waals surface area contributed by atoms with E-state index in [4.69, 9.17) is 0 Å². The number of carbonyl (C=O) groups excluding carboxylic acids is 1. The summed E-state index contributed by atoms with van der Waals surface area (Å²) >= 11 is 0. The van der Waals surface area contributed by atoms with Crippen molar-refractivity contribution in [2.24, 2.45) is 5.92 Å².